The number of anilines is 1. The fraction of sp³-hybridized carbons (Fsp3) is 0.188. The topological polar surface area (TPSA) is 136 Å². The van der Waals surface area contributed by atoms with Crippen molar-refractivity contribution in [2.45, 2.75) is 13.5 Å². The van der Waals surface area contributed by atoms with E-state index in [4.69, 9.17) is 4.74 Å². The van der Waals surface area contributed by atoms with Gasteiger partial charge in [0.1, 0.15) is 22.8 Å². The van der Waals surface area contributed by atoms with Gasteiger partial charge in [-0.05, 0) is 25.1 Å². The third-order valence-electron chi connectivity index (χ3n) is 3.77. The minimum absolute atomic E-state index is 0.0669. The normalized spacial score (nSPS) is 10.7. The molecule has 3 aromatic rings. The van der Waals surface area contributed by atoms with Gasteiger partial charge in [0.25, 0.3) is 11.2 Å². The van der Waals surface area contributed by atoms with Crippen molar-refractivity contribution in [1.29, 1.82) is 0 Å². The van der Waals surface area contributed by atoms with Gasteiger partial charge in [0, 0.05) is 4.88 Å². The second-order valence-corrected chi connectivity index (χ2v) is 6.87. The second kappa shape index (κ2) is 7.03. The van der Waals surface area contributed by atoms with Crippen molar-refractivity contribution >= 4 is 38.8 Å². The van der Waals surface area contributed by atoms with Crippen molar-refractivity contribution in [3.63, 3.8) is 0 Å². The molecule has 0 spiro atoms. The van der Waals surface area contributed by atoms with Crippen LogP contribution in [0, 0.1) is 17.0 Å². The molecule has 2 heterocycles. The highest BCUT2D eigenvalue weighted by Crippen LogP contribution is 2.28. The summed E-state index contributed by atoms with van der Waals surface area (Å²) in [4.78, 5) is 51.2. The van der Waals surface area contributed by atoms with E-state index in [0.29, 0.717) is 10.2 Å². The van der Waals surface area contributed by atoms with Crippen molar-refractivity contribution in [3.8, 4) is 5.75 Å². The first-order valence-electron chi connectivity index (χ1n) is 7.65. The minimum atomic E-state index is -0.748. The Labute approximate surface area is 155 Å². The molecule has 0 saturated carbocycles. The van der Waals surface area contributed by atoms with E-state index in [0.717, 1.165) is 15.5 Å². The number of hydrogen-bond donors (Lipinski definition) is 2. The Morgan fingerprint density at radius 2 is 2.11 bits per heavy atom. The number of aromatic nitrogens is 2. The summed E-state index contributed by atoms with van der Waals surface area (Å²) in [5.41, 5.74) is -1.76. The van der Waals surface area contributed by atoms with Crippen LogP contribution in [-0.4, -0.2) is 27.5 Å². The number of rotatable bonds is 5. The van der Waals surface area contributed by atoms with E-state index in [-0.39, 0.29) is 17.1 Å². The number of nitro groups is 1. The van der Waals surface area contributed by atoms with Crippen LogP contribution >= 0.6 is 11.3 Å². The Morgan fingerprint density at radius 3 is 2.78 bits per heavy atom. The number of carbonyl (C=O) groups is 1. The van der Waals surface area contributed by atoms with Crippen LogP contribution in [0.25, 0.3) is 10.2 Å². The molecule has 0 aliphatic carbocycles. The van der Waals surface area contributed by atoms with Crippen LogP contribution in [0.5, 0.6) is 5.75 Å². The van der Waals surface area contributed by atoms with Crippen LogP contribution in [0.3, 0.4) is 0 Å². The molecule has 140 valence electrons. The van der Waals surface area contributed by atoms with E-state index in [1.54, 1.807) is 13.0 Å². The van der Waals surface area contributed by atoms with Gasteiger partial charge in [0.05, 0.1) is 23.5 Å². The number of nitrogens with zero attached hydrogens (tertiary/aromatic N) is 2. The van der Waals surface area contributed by atoms with Crippen molar-refractivity contribution in [1.82, 2.24) is 9.55 Å². The van der Waals surface area contributed by atoms with Gasteiger partial charge < -0.3 is 10.1 Å². The fourth-order valence-corrected chi connectivity index (χ4v) is 3.43. The molecule has 0 bridgehead atoms. The molecule has 0 fully saturated rings. The van der Waals surface area contributed by atoms with E-state index in [2.05, 4.69) is 10.3 Å². The van der Waals surface area contributed by atoms with E-state index in [1.807, 2.05) is 0 Å². The Hall–Kier alpha value is -3.47. The number of ether oxygens (including phenoxy) is 1. The fourth-order valence-electron chi connectivity index (χ4n) is 2.54. The lowest BCUT2D eigenvalue weighted by molar-refractivity contribution is -0.384. The van der Waals surface area contributed by atoms with Crippen molar-refractivity contribution in [3.05, 3.63) is 60.1 Å². The molecule has 10 nitrogen and oxygen atoms in total. The van der Waals surface area contributed by atoms with Crippen LogP contribution < -0.4 is 21.3 Å². The number of H-pyrrole nitrogens is 1. The Kier molecular flexibility index (Phi) is 4.77. The molecule has 1 aromatic carbocycles. The van der Waals surface area contributed by atoms with Gasteiger partial charge in [-0.15, -0.1) is 11.3 Å². The van der Waals surface area contributed by atoms with Gasteiger partial charge in [-0.1, -0.05) is 0 Å². The molecule has 0 aliphatic rings. The molecule has 3 rings (SSSR count). The molecule has 0 aliphatic heterocycles. The van der Waals surface area contributed by atoms with Gasteiger partial charge >= 0.3 is 5.69 Å². The van der Waals surface area contributed by atoms with Crippen LogP contribution in [0.1, 0.15) is 4.88 Å². The maximum atomic E-state index is 12.5. The standard InChI is InChI=1S/C16H14N4O6S/c1-8-5-10-14(27-8)18-16(23)19(15(10)22)7-13(21)17-11-4-3-9(26-2)6-12(11)20(24)25/h3-6H,7H2,1-2H3,(H,17,21)(H,18,23). The Balaban J connectivity index is 1.91. The molecule has 0 radical (unpaired) electrons. The molecule has 11 heteroatoms. The summed E-state index contributed by atoms with van der Waals surface area (Å²) in [5.74, 6) is -0.493. The van der Waals surface area contributed by atoms with E-state index >= 15 is 0 Å². The highest BCUT2D eigenvalue weighted by atomic mass is 32.1. The molecule has 1 amide bonds. The first kappa shape index (κ1) is 18.3. The summed E-state index contributed by atoms with van der Waals surface area (Å²) in [6.07, 6.45) is 0. The van der Waals surface area contributed by atoms with Crippen molar-refractivity contribution in [2.24, 2.45) is 0 Å². The van der Waals surface area contributed by atoms with Crippen LogP contribution in [0.15, 0.2) is 33.9 Å². The molecular formula is C16H14N4O6S. The summed E-state index contributed by atoms with van der Waals surface area (Å²) < 4.78 is 5.68. The lowest BCUT2D eigenvalue weighted by Gasteiger charge is -2.08. The molecular weight excluding hydrogens is 376 g/mol. The van der Waals surface area contributed by atoms with Crippen molar-refractivity contribution in [2.75, 3.05) is 12.4 Å². The number of benzene rings is 1. The predicted molar refractivity (Wildman–Crippen MR) is 99.7 cm³/mol. The quantitative estimate of drug-likeness (QED) is 0.502. The third-order valence-corrected chi connectivity index (χ3v) is 4.74. The Morgan fingerprint density at radius 1 is 1.37 bits per heavy atom. The minimum Gasteiger partial charge on any atom is -0.496 e. The second-order valence-electron chi connectivity index (χ2n) is 5.61. The van der Waals surface area contributed by atoms with Gasteiger partial charge in [-0.2, -0.15) is 0 Å². The third kappa shape index (κ3) is 3.58. The number of hydrogen-bond acceptors (Lipinski definition) is 7. The number of nitrogens with one attached hydrogen (secondary N) is 2. The maximum absolute atomic E-state index is 12.5. The number of methoxy groups -OCH3 is 1. The smallest absolute Gasteiger partial charge is 0.329 e. The molecule has 2 aromatic heterocycles. The molecule has 0 atom stereocenters. The van der Waals surface area contributed by atoms with Gasteiger partial charge in [-0.3, -0.25) is 29.3 Å². The number of amides is 1. The van der Waals surface area contributed by atoms with E-state index in [1.165, 1.54) is 30.6 Å². The lowest BCUT2D eigenvalue weighted by Crippen LogP contribution is -2.38. The number of thiophene rings is 1. The zero-order valence-electron chi connectivity index (χ0n) is 14.3. The zero-order valence-corrected chi connectivity index (χ0v) is 15.1. The van der Waals surface area contributed by atoms with E-state index in [9.17, 15) is 24.5 Å². The predicted octanol–water partition coefficient (Wildman–Crippen LogP) is 1.62. The number of fused-ring (bicyclic) bond motifs is 1. The monoisotopic (exact) mass is 390 g/mol. The molecule has 27 heavy (non-hydrogen) atoms. The number of aromatic amines is 1. The SMILES string of the molecule is COc1ccc(NC(=O)Cn2c(=O)[nH]c3sc(C)cc3c2=O)c([N+](=O)[O-])c1. The summed E-state index contributed by atoms with van der Waals surface area (Å²) in [7, 11) is 1.36. The molecule has 2 N–H and O–H groups in total. The van der Waals surface area contributed by atoms with E-state index < -0.39 is 28.6 Å². The highest BCUT2D eigenvalue weighted by Gasteiger charge is 2.19. The van der Waals surface area contributed by atoms with Gasteiger partial charge in [-0.25, -0.2) is 4.79 Å². The first-order chi connectivity index (χ1) is 12.8. The molecule has 0 saturated heterocycles. The average molecular weight is 390 g/mol. The Bertz CT molecular complexity index is 1180. The van der Waals surface area contributed by atoms with Crippen LogP contribution in [-0.2, 0) is 11.3 Å². The van der Waals surface area contributed by atoms with Crippen LogP contribution in [0.4, 0.5) is 11.4 Å². The number of aryl methyl sites for hydroxylation is 1. The van der Waals surface area contributed by atoms with Crippen molar-refractivity contribution < 1.29 is 14.5 Å². The summed E-state index contributed by atoms with van der Waals surface area (Å²) in [6.45, 7) is 1.21. The van der Waals surface area contributed by atoms with Gasteiger partial charge in [0.2, 0.25) is 5.91 Å². The average Bonchev–Trinajstić information content (AvgIpc) is 2.99. The number of carbonyl (C=O) groups excluding carboxylic acids is 1. The van der Waals surface area contributed by atoms with Gasteiger partial charge in [0.15, 0.2) is 0 Å². The summed E-state index contributed by atoms with van der Waals surface area (Å²) in [5, 5.41) is 13.8. The largest absolute Gasteiger partial charge is 0.496 e. The lowest BCUT2D eigenvalue weighted by atomic mass is 10.2. The maximum Gasteiger partial charge on any atom is 0.329 e. The summed E-state index contributed by atoms with van der Waals surface area (Å²) in [6, 6.07) is 5.55. The zero-order chi connectivity index (χ0) is 19.7. The molecule has 0 unspecified atom stereocenters. The number of nitro benzene ring substituents is 1. The summed E-state index contributed by atoms with van der Waals surface area (Å²) >= 11 is 1.26. The first-order valence-corrected chi connectivity index (χ1v) is 8.47. The highest BCUT2D eigenvalue weighted by molar-refractivity contribution is 7.18. The van der Waals surface area contributed by atoms with Crippen LogP contribution in [0.2, 0.25) is 0 Å².